The first-order valence-electron chi connectivity index (χ1n) is 5.61. The van der Waals surface area contributed by atoms with E-state index in [4.69, 9.17) is 5.11 Å². The normalized spacial score (nSPS) is 12.5. The van der Waals surface area contributed by atoms with Crippen molar-refractivity contribution in [2.24, 2.45) is 11.8 Å². The number of hydrogen-bond acceptors (Lipinski definition) is 3. The van der Waals surface area contributed by atoms with E-state index in [0.717, 1.165) is 0 Å². The third-order valence-corrected chi connectivity index (χ3v) is 2.25. The van der Waals surface area contributed by atoms with E-state index in [1.807, 2.05) is 13.8 Å². The molecule has 0 bridgehead atoms. The van der Waals surface area contributed by atoms with Crippen LogP contribution in [0.4, 0.5) is 0 Å². The van der Waals surface area contributed by atoms with Gasteiger partial charge in [0.2, 0.25) is 5.91 Å². The summed E-state index contributed by atoms with van der Waals surface area (Å²) < 4.78 is 0. The van der Waals surface area contributed by atoms with E-state index in [9.17, 15) is 9.59 Å². The molecule has 0 aromatic carbocycles. The molecule has 0 aliphatic heterocycles. The lowest BCUT2D eigenvalue weighted by atomic mass is 9.97. The van der Waals surface area contributed by atoms with E-state index in [1.54, 1.807) is 7.05 Å². The zero-order valence-corrected chi connectivity index (χ0v) is 10.2. The lowest BCUT2D eigenvalue weighted by Crippen LogP contribution is -2.34. The van der Waals surface area contributed by atoms with Crippen molar-refractivity contribution >= 4 is 11.9 Å². The summed E-state index contributed by atoms with van der Waals surface area (Å²) >= 11 is 0. The Morgan fingerprint density at radius 1 is 1.31 bits per heavy atom. The standard InChI is InChI=1S/C11H22N2O3/c1-8(2)6-9(11(15)16)7-13-10(14)4-5-12-3/h8-9,12H,4-7H2,1-3H3,(H,13,14)(H,15,16). The number of rotatable bonds is 8. The molecule has 0 heterocycles. The molecule has 0 saturated heterocycles. The Bertz CT molecular complexity index is 229. The molecule has 16 heavy (non-hydrogen) atoms. The predicted octanol–water partition coefficient (Wildman–Crippen LogP) is 0.459. The summed E-state index contributed by atoms with van der Waals surface area (Å²) in [5.74, 6) is -1.12. The molecule has 1 amide bonds. The van der Waals surface area contributed by atoms with Crippen LogP contribution in [0.15, 0.2) is 0 Å². The number of amides is 1. The fourth-order valence-electron chi connectivity index (χ4n) is 1.40. The highest BCUT2D eigenvalue weighted by Crippen LogP contribution is 2.10. The largest absolute Gasteiger partial charge is 0.481 e. The summed E-state index contributed by atoms with van der Waals surface area (Å²) in [6.45, 7) is 4.77. The van der Waals surface area contributed by atoms with Crippen LogP contribution in [0, 0.1) is 11.8 Å². The molecule has 5 nitrogen and oxygen atoms in total. The molecule has 0 aliphatic rings. The summed E-state index contributed by atoms with van der Waals surface area (Å²) in [4.78, 5) is 22.2. The van der Waals surface area contributed by atoms with Crippen molar-refractivity contribution in [2.45, 2.75) is 26.7 Å². The molecule has 0 saturated carbocycles. The quantitative estimate of drug-likeness (QED) is 0.566. The highest BCUT2D eigenvalue weighted by atomic mass is 16.4. The van der Waals surface area contributed by atoms with E-state index in [1.165, 1.54) is 0 Å². The van der Waals surface area contributed by atoms with E-state index in [0.29, 0.717) is 25.3 Å². The third kappa shape index (κ3) is 7.23. The number of carboxylic acid groups (broad SMARTS) is 1. The van der Waals surface area contributed by atoms with Gasteiger partial charge in [0.15, 0.2) is 0 Å². The Morgan fingerprint density at radius 2 is 1.94 bits per heavy atom. The summed E-state index contributed by atoms with van der Waals surface area (Å²) in [5, 5.41) is 14.5. The van der Waals surface area contributed by atoms with Crippen LogP contribution in [0.1, 0.15) is 26.7 Å². The maximum Gasteiger partial charge on any atom is 0.308 e. The number of hydrogen-bond donors (Lipinski definition) is 3. The minimum Gasteiger partial charge on any atom is -0.481 e. The first-order valence-corrected chi connectivity index (χ1v) is 5.61. The number of carbonyl (C=O) groups excluding carboxylic acids is 1. The van der Waals surface area contributed by atoms with E-state index < -0.39 is 11.9 Å². The van der Waals surface area contributed by atoms with Gasteiger partial charge in [0.1, 0.15) is 0 Å². The van der Waals surface area contributed by atoms with Crippen molar-refractivity contribution in [1.29, 1.82) is 0 Å². The van der Waals surface area contributed by atoms with Crippen LogP contribution in [-0.4, -0.2) is 37.1 Å². The number of carboxylic acids is 1. The maximum atomic E-state index is 11.3. The predicted molar refractivity (Wildman–Crippen MR) is 62.1 cm³/mol. The van der Waals surface area contributed by atoms with Crippen molar-refractivity contribution in [3.05, 3.63) is 0 Å². The highest BCUT2D eigenvalue weighted by molar-refractivity contribution is 5.77. The van der Waals surface area contributed by atoms with Crippen molar-refractivity contribution in [3.8, 4) is 0 Å². The van der Waals surface area contributed by atoms with Gasteiger partial charge in [0.05, 0.1) is 5.92 Å². The van der Waals surface area contributed by atoms with Gasteiger partial charge in [0, 0.05) is 19.5 Å². The van der Waals surface area contributed by atoms with Crippen LogP contribution in [0.25, 0.3) is 0 Å². The fraction of sp³-hybridized carbons (Fsp3) is 0.818. The molecule has 0 fully saturated rings. The molecule has 0 aromatic heterocycles. The van der Waals surface area contributed by atoms with Gasteiger partial charge >= 0.3 is 5.97 Å². The van der Waals surface area contributed by atoms with Crippen molar-refractivity contribution in [3.63, 3.8) is 0 Å². The molecule has 0 spiro atoms. The Morgan fingerprint density at radius 3 is 2.38 bits per heavy atom. The topological polar surface area (TPSA) is 78.4 Å². The monoisotopic (exact) mass is 230 g/mol. The fourth-order valence-corrected chi connectivity index (χ4v) is 1.40. The smallest absolute Gasteiger partial charge is 0.308 e. The zero-order valence-electron chi connectivity index (χ0n) is 10.2. The number of carbonyl (C=O) groups is 2. The van der Waals surface area contributed by atoms with Crippen molar-refractivity contribution in [2.75, 3.05) is 20.1 Å². The van der Waals surface area contributed by atoms with Crippen LogP contribution in [0.5, 0.6) is 0 Å². The van der Waals surface area contributed by atoms with Gasteiger partial charge in [-0.15, -0.1) is 0 Å². The molecule has 94 valence electrons. The molecule has 1 unspecified atom stereocenters. The molecular weight excluding hydrogens is 208 g/mol. The average molecular weight is 230 g/mol. The third-order valence-electron chi connectivity index (χ3n) is 2.25. The van der Waals surface area contributed by atoms with Crippen LogP contribution in [-0.2, 0) is 9.59 Å². The molecule has 1 atom stereocenters. The SMILES string of the molecule is CNCCC(=O)NCC(CC(C)C)C(=O)O. The van der Waals surface area contributed by atoms with Crippen molar-refractivity contribution < 1.29 is 14.7 Å². The van der Waals surface area contributed by atoms with Gasteiger partial charge in [-0.3, -0.25) is 9.59 Å². The molecule has 3 N–H and O–H groups in total. The molecule has 5 heteroatoms. The Kier molecular flexibility index (Phi) is 7.54. The second kappa shape index (κ2) is 8.10. The van der Waals surface area contributed by atoms with Gasteiger partial charge in [-0.2, -0.15) is 0 Å². The number of aliphatic carboxylic acids is 1. The highest BCUT2D eigenvalue weighted by Gasteiger charge is 2.19. The first-order chi connectivity index (χ1) is 7.47. The van der Waals surface area contributed by atoms with Crippen LogP contribution in [0.2, 0.25) is 0 Å². The molecular formula is C11H22N2O3. The van der Waals surface area contributed by atoms with Gasteiger partial charge in [0.25, 0.3) is 0 Å². The minimum atomic E-state index is -0.845. The van der Waals surface area contributed by atoms with Gasteiger partial charge in [-0.25, -0.2) is 0 Å². The van der Waals surface area contributed by atoms with Gasteiger partial charge < -0.3 is 15.7 Å². The summed E-state index contributed by atoms with van der Waals surface area (Å²) in [6, 6.07) is 0. The second-order valence-corrected chi connectivity index (χ2v) is 4.32. The lowest BCUT2D eigenvalue weighted by Gasteiger charge is -2.15. The maximum absolute atomic E-state index is 11.3. The Balaban J connectivity index is 3.92. The number of nitrogens with one attached hydrogen (secondary N) is 2. The minimum absolute atomic E-state index is 0.107. The first kappa shape index (κ1) is 14.9. The van der Waals surface area contributed by atoms with E-state index >= 15 is 0 Å². The molecule has 0 aliphatic carbocycles. The van der Waals surface area contributed by atoms with Crippen molar-refractivity contribution in [1.82, 2.24) is 10.6 Å². The lowest BCUT2D eigenvalue weighted by molar-refractivity contribution is -0.142. The van der Waals surface area contributed by atoms with Gasteiger partial charge in [-0.05, 0) is 19.4 Å². The summed E-state index contributed by atoms with van der Waals surface area (Å²) in [6.07, 6.45) is 0.964. The van der Waals surface area contributed by atoms with E-state index in [2.05, 4.69) is 10.6 Å². The van der Waals surface area contributed by atoms with Crippen LogP contribution >= 0.6 is 0 Å². The summed E-state index contributed by atoms with van der Waals surface area (Å²) in [7, 11) is 1.77. The Labute approximate surface area is 96.6 Å². The molecule has 0 radical (unpaired) electrons. The zero-order chi connectivity index (χ0) is 12.6. The molecule has 0 aromatic rings. The van der Waals surface area contributed by atoms with Crippen LogP contribution < -0.4 is 10.6 Å². The Hall–Kier alpha value is -1.10. The summed E-state index contributed by atoms with van der Waals surface area (Å²) in [5.41, 5.74) is 0. The molecule has 0 rings (SSSR count). The van der Waals surface area contributed by atoms with Gasteiger partial charge in [-0.1, -0.05) is 13.8 Å². The second-order valence-electron chi connectivity index (χ2n) is 4.32. The average Bonchev–Trinajstić information content (AvgIpc) is 2.20. The van der Waals surface area contributed by atoms with Crippen LogP contribution in [0.3, 0.4) is 0 Å². The van der Waals surface area contributed by atoms with E-state index in [-0.39, 0.29) is 12.5 Å².